The van der Waals surface area contributed by atoms with E-state index in [4.69, 9.17) is 18.6 Å². The molecule has 196 valence electrons. The number of ether oxygens (including phenoxy) is 3. The van der Waals surface area contributed by atoms with Crippen LogP contribution in [0.25, 0.3) is 11.0 Å². The lowest BCUT2D eigenvalue weighted by Gasteiger charge is -2.23. The predicted molar refractivity (Wildman–Crippen MR) is 151 cm³/mol. The van der Waals surface area contributed by atoms with Crippen molar-refractivity contribution in [3.8, 4) is 17.2 Å². The molecule has 0 saturated heterocycles. The molecule has 3 aromatic carbocycles. The molecule has 0 spiro atoms. The maximum absolute atomic E-state index is 13.1. The van der Waals surface area contributed by atoms with Gasteiger partial charge in [-0.05, 0) is 85.3 Å². The number of fused-ring (bicyclic) bond motifs is 1. The maximum Gasteiger partial charge on any atom is 0.408 e. The minimum Gasteiger partial charge on any atom is -0.460 e. The van der Waals surface area contributed by atoms with Gasteiger partial charge in [0.2, 0.25) is 11.2 Å². The molecule has 1 aromatic heterocycles. The van der Waals surface area contributed by atoms with E-state index in [0.29, 0.717) is 5.75 Å². The normalized spacial score (nSPS) is 12.0. The fraction of sp³-hybridized carbons (Fsp3) is 0.207. The smallest absolute Gasteiger partial charge is 0.408 e. The SMILES string of the molecule is CC(C)(C)OC(=O)NC(Cc1ccccc1)C(=O)Oc1ccc2c(=O)c(Oc3ccc(I)cc3)coc2c1. The number of alkyl carbamates (subject to hydrolysis) is 1. The van der Waals surface area contributed by atoms with E-state index in [2.05, 4.69) is 27.9 Å². The Morgan fingerprint density at radius 2 is 1.66 bits per heavy atom. The van der Waals surface area contributed by atoms with Crippen LogP contribution in [-0.2, 0) is 16.0 Å². The van der Waals surface area contributed by atoms with E-state index in [9.17, 15) is 14.4 Å². The van der Waals surface area contributed by atoms with Gasteiger partial charge >= 0.3 is 12.1 Å². The Morgan fingerprint density at radius 1 is 0.974 bits per heavy atom. The highest BCUT2D eigenvalue weighted by molar-refractivity contribution is 14.1. The van der Waals surface area contributed by atoms with Crippen LogP contribution in [0.15, 0.2) is 88.3 Å². The van der Waals surface area contributed by atoms with Gasteiger partial charge in [-0.1, -0.05) is 30.3 Å². The second-order valence-corrected chi connectivity index (χ2v) is 10.7. The molecule has 9 heteroatoms. The van der Waals surface area contributed by atoms with E-state index in [1.54, 1.807) is 32.9 Å². The van der Waals surface area contributed by atoms with Crippen LogP contribution in [0.5, 0.6) is 17.2 Å². The van der Waals surface area contributed by atoms with Crippen molar-refractivity contribution in [2.45, 2.75) is 38.8 Å². The fourth-order valence-corrected chi connectivity index (χ4v) is 3.89. The Morgan fingerprint density at radius 3 is 2.34 bits per heavy atom. The minimum absolute atomic E-state index is 0.0351. The molecule has 4 rings (SSSR count). The highest BCUT2D eigenvalue weighted by atomic mass is 127. The van der Waals surface area contributed by atoms with Crippen LogP contribution in [0.4, 0.5) is 4.79 Å². The lowest BCUT2D eigenvalue weighted by atomic mass is 10.1. The number of hydrogen-bond donors (Lipinski definition) is 1. The first-order chi connectivity index (χ1) is 18.1. The molecule has 0 bridgehead atoms. The van der Waals surface area contributed by atoms with Gasteiger partial charge in [0.1, 0.15) is 35.0 Å². The number of benzene rings is 3. The lowest BCUT2D eigenvalue weighted by Crippen LogP contribution is -2.46. The molecule has 1 amide bonds. The standard InChI is InChI=1S/C29H26INO7/c1-29(2,3)38-28(34)31-23(15-18-7-5-4-6-8-18)27(33)37-21-13-14-22-24(16-21)35-17-25(26(22)32)36-20-11-9-19(30)10-12-20/h4-14,16-17,23H,15H2,1-3H3,(H,31,34). The van der Waals surface area contributed by atoms with E-state index < -0.39 is 23.7 Å². The molecular weight excluding hydrogens is 601 g/mol. The monoisotopic (exact) mass is 627 g/mol. The second kappa shape index (κ2) is 11.7. The van der Waals surface area contributed by atoms with Gasteiger partial charge in [-0.2, -0.15) is 0 Å². The van der Waals surface area contributed by atoms with Crippen molar-refractivity contribution in [1.29, 1.82) is 0 Å². The molecule has 0 aliphatic carbocycles. The molecule has 0 fully saturated rings. The van der Waals surface area contributed by atoms with Crippen molar-refractivity contribution in [2.75, 3.05) is 0 Å². The Kier molecular flexibility index (Phi) is 8.35. The van der Waals surface area contributed by atoms with Gasteiger partial charge < -0.3 is 23.9 Å². The van der Waals surface area contributed by atoms with Crippen LogP contribution in [0.3, 0.4) is 0 Å². The topological polar surface area (TPSA) is 104 Å². The summed E-state index contributed by atoms with van der Waals surface area (Å²) >= 11 is 2.18. The van der Waals surface area contributed by atoms with Crippen molar-refractivity contribution in [3.05, 3.63) is 98.4 Å². The third-order valence-electron chi connectivity index (χ3n) is 5.23. The van der Waals surface area contributed by atoms with Gasteiger partial charge in [-0.25, -0.2) is 9.59 Å². The van der Waals surface area contributed by atoms with E-state index in [1.165, 1.54) is 24.5 Å². The molecule has 0 saturated carbocycles. The number of halogens is 1. The van der Waals surface area contributed by atoms with Crippen LogP contribution >= 0.6 is 22.6 Å². The molecule has 0 aliphatic heterocycles. The highest BCUT2D eigenvalue weighted by Gasteiger charge is 2.26. The summed E-state index contributed by atoms with van der Waals surface area (Å²) in [4.78, 5) is 38.4. The second-order valence-electron chi connectivity index (χ2n) is 9.45. The molecule has 1 N–H and O–H groups in total. The van der Waals surface area contributed by atoms with E-state index >= 15 is 0 Å². The van der Waals surface area contributed by atoms with Crippen molar-refractivity contribution in [1.82, 2.24) is 5.32 Å². The number of nitrogens with one attached hydrogen (secondary N) is 1. The third kappa shape index (κ3) is 7.34. The Labute approximate surface area is 233 Å². The largest absolute Gasteiger partial charge is 0.460 e. The van der Waals surface area contributed by atoms with E-state index in [-0.39, 0.29) is 34.3 Å². The van der Waals surface area contributed by atoms with Gasteiger partial charge in [0.15, 0.2) is 0 Å². The molecule has 1 unspecified atom stereocenters. The van der Waals surface area contributed by atoms with Crippen molar-refractivity contribution >= 4 is 45.6 Å². The number of rotatable bonds is 7. The number of carbonyl (C=O) groups is 2. The summed E-state index contributed by atoms with van der Waals surface area (Å²) in [7, 11) is 0. The number of carbonyl (C=O) groups excluding carboxylic acids is 2. The van der Waals surface area contributed by atoms with Crippen LogP contribution < -0.4 is 20.2 Å². The molecule has 1 atom stereocenters. The highest BCUT2D eigenvalue weighted by Crippen LogP contribution is 2.25. The van der Waals surface area contributed by atoms with Gasteiger partial charge in [0, 0.05) is 16.1 Å². The summed E-state index contributed by atoms with van der Waals surface area (Å²) in [6, 6.07) is 19.9. The average molecular weight is 627 g/mol. The van der Waals surface area contributed by atoms with Gasteiger partial charge in [-0.15, -0.1) is 0 Å². The zero-order chi connectivity index (χ0) is 27.3. The lowest BCUT2D eigenvalue weighted by molar-refractivity contribution is -0.136. The summed E-state index contributed by atoms with van der Waals surface area (Å²) in [5.74, 6) is -0.00132. The molecule has 8 nitrogen and oxygen atoms in total. The van der Waals surface area contributed by atoms with Gasteiger partial charge in [-0.3, -0.25) is 4.79 Å². The van der Waals surface area contributed by atoms with E-state index in [0.717, 1.165) is 9.13 Å². The summed E-state index contributed by atoms with van der Waals surface area (Å²) in [5, 5.41) is 2.86. The van der Waals surface area contributed by atoms with Crippen LogP contribution in [-0.4, -0.2) is 23.7 Å². The van der Waals surface area contributed by atoms with Crippen molar-refractivity contribution in [3.63, 3.8) is 0 Å². The Hall–Kier alpha value is -3.86. The summed E-state index contributed by atoms with van der Waals surface area (Å²) < 4.78 is 23.2. The third-order valence-corrected chi connectivity index (χ3v) is 5.95. The van der Waals surface area contributed by atoms with Gasteiger partial charge in [0.25, 0.3) is 0 Å². The van der Waals surface area contributed by atoms with Crippen molar-refractivity contribution < 1.29 is 28.2 Å². The molecule has 0 aliphatic rings. The molecule has 38 heavy (non-hydrogen) atoms. The van der Waals surface area contributed by atoms with E-state index in [1.807, 2.05) is 42.5 Å². The quantitative estimate of drug-likeness (QED) is 0.147. The van der Waals surface area contributed by atoms with Crippen LogP contribution in [0, 0.1) is 3.57 Å². The fourth-order valence-electron chi connectivity index (χ4n) is 3.53. The Balaban J connectivity index is 1.53. The first kappa shape index (κ1) is 27.2. The van der Waals surface area contributed by atoms with Crippen LogP contribution in [0.1, 0.15) is 26.3 Å². The summed E-state index contributed by atoms with van der Waals surface area (Å²) in [6.45, 7) is 5.20. The minimum atomic E-state index is -1.01. The first-order valence-corrected chi connectivity index (χ1v) is 12.9. The van der Waals surface area contributed by atoms with Crippen molar-refractivity contribution in [2.24, 2.45) is 0 Å². The Bertz CT molecular complexity index is 1490. The number of amides is 1. The zero-order valence-corrected chi connectivity index (χ0v) is 23.2. The zero-order valence-electron chi connectivity index (χ0n) is 21.0. The molecule has 0 radical (unpaired) electrons. The van der Waals surface area contributed by atoms with Crippen LogP contribution in [0.2, 0.25) is 0 Å². The molecular formula is C29H26INO7. The average Bonchev–Trinajstić information content (AvgIpc) is 2.86. The molecule has 1 heterocycles. The first-order valence-electron chi connectivity index (χ1n) is 11.8. The number of hydrogen-bond acceptors (Lipinski definition) is 7. The summed E-state index contributed by atoms with van der Waals surface area (Å²) in [6.07, 6.45) is 0.678. The number of esters is 1. The van der Waals surface area contributed by atoms with Gasteiger partial charge in [0.05, 0.1) is 5.39 Å². The maximum atomic E-state index is 13.1. The predicted octanol–water partition coefficient (Wildman–Crippen LogP) is 6.23. The summed E-state index contributed by atoms with van der Waals surface area (Å²) in [5.41, 5.74) is -0.0510. The molecule has 4 aromatic rings.